The maximum Gasteiger partial charge on any atom is 0.251 e. The van der Waals surface area contributed by atoms with Crippen LogP contribution >= 0.6 is 0 Å². The fraction of sp³-hybridized carbons (Fsp3) is 0.500. The van der Waals surface area contributed by atoms with E-state index in [0.29, 0.717) is 11.6 Å². The topological polar surface area (TPSA) is 50.7 Å². The Hall–Kier alpha value is -1.84. The van der Waals surface area contributed by atoms with Crippen molar-refractivity contribution >= 4 is 12.1 Å². The van der Waals surface area contributed by atoms with E-state index in [9.17, 15) is 4.79 Å². The zero-order valence-corrected chi connectivity index (χ0v) is 12.1. The molecule has 1 aromatic rings. The summed E-state index contributed by atoms with van der Waals surface area (Å²) < 4.78 is 0. The number of rotatable bonds is 4. The Morgan fingerprint density at radius 3 is 2.50 bits per heavy atom. The summed E-state index contributed by atoms with van der Waals surface area (Å²) in [4.78, 5) is 16.8. The van der Waals surface area contributed by atoms with E-state index in [1.54, 1.807) is 6.21 Å². The molecular weight excluding hydrogens is 252 g/mol. The molecule has 1 aliphatic rings. The van der Waals surface area contributed by atoms with Crippen molar-refractivity contribution < 1.29 is 9.63 Å². The Morgan fingerprint density at radius 1 is 1.25 bits per heavy atom. The van der Waals surface area contributed by atoms with Gasteiger partial charge in [-0.05, 0) is 49.3 Å². The number of benzene rings is 1. The normalized spacial score (nSPS) is 22.7. The van der Waals surface area contributed by atoms with Crippen LogP contribution in [-0.2, 0) is 4.84 Å². The highest BCUT2D eigenvalue weighted by Crippen LogP contribution is 2.23. The van der Waals surface area contributed by atoms with Crippen LogP contribution < -0.4 is 5.32 Å². The molecule has 1 N–H and O–H groups in total. The highest BCUT2D eigenvalue weighted by atomic mass is 16.6. The van der Waals surface area contributed by atoms with Crippen LogP contribution in [0, 0.1) is 5.92 Å². The zero-order valence-electron chi connectivity index (χ0n) is 12.1. The number of amides is 1. The molecule has 4 heteroatoms. The second-order valence-corrected chi connectivity index (χ2v) is 5.47. The highest BCUT2D eigenvalue weighted by molar-refractivity contribution is 5.95. The second-order valence-electron chi connectivity index (χ2n) is 5.47. The van der Waals surface area contributed by atoms with Crippen molar-refractivity contribution in [2.75, 3.05) is 7.11 Å². The van der Waals surface area contributed by atoms with E-state index < -0.39 is 0 Å². The predicted molar refractivity (Wildman–Crippen MR) is 79.9 cm³/mol. The largest absolute Gasteiger partial charge is 0.399 e. The molecule has 1 amide bonds. The van der Waals surface area contributed by atoms with Crippen LogP contribution in [0.1, 0.15) is 48.5 Å². The quantitative estimate of drug-likeness (QED) is 0.678. The summed E-state index contributed by atoms with van der Waals surface area (Å²) in [5.74, 6) is 0.808. The van der Waals surface area contributed by atoms with Crippen molar-refractivity contribution in [3.8, 4) is 0 Å². The summed E-state index contributed by atoms with van der Waals surface area (Å²) in [6, 6.07) is 7.68. The number of nitrogens with zero attached hydrogens (tertiary/aromatic N) is 1. The summed E-state index contributed by atoms with van der Waals surface area (Å²) in [5.41, 5.74) is 1.60. The van der Waals surface area contributed by atoms with Crippen molar-refractivity contribution in [3.63, 3.8) is 0 Å². The molecule has 4 nitrogen and oxygen atoms in total. The minimum Gasteiger partial charge on any atom is -0.399 e. The smallest absolute Gasteiger partial charge is 0.251 e. The lowest BCUT2D eigenvalue weighted by atomic mass is 9.87. The zero-order chi connectivity index (χ0) is 14.4. The lowest BCUT2D eigenvalue weighted by Gasteiger charge is -2.26. The molecule has 0 bridgehead atoms. The molecule has 0 aromatic heterocycles. The molecule has 1 aromatic carbocycles. The second kappa shape index (κ2) is 7.08. The van der Waals surface area contributed by atoms with Crippen molar-refractivity contribution in [2.24, 2.45) is 11.1 Å². The Balaban J connectivity index is 1.90. The van der Waals surface area contributed by atoms with Crippen LogP contribution in [0.15, 0.2) is 29.4 Å². The van der Waals surface area contributed by atoms with E-state index in [1.807, 2.05) is 24.3 Å². The van der Waals surface area contributed by atoms with Crippen LogP contribution in [0.5, 0.6) is 0 Å². The summed E-state index contributed by atoms with van der Waals surface area (Å²) in [7, 11) is 1.50. The minimum atomic E-state index is 0.0137. The van der Waals surface area contributed by atoms with Gasteiger partial charge < -0.3 is 10.2 Å². The molecule has 108 valence electrons. The lowest BCUT2D eigenvalue weighted by Crippen LogP contribution is -2.37. The minimum absolute atomic E-state index is 0.0137. The van der Waals surface area contributed by atoms with Crippen molar-refractivity contribution in [2.45, 2.75) is 38.6 Å². The standard InChI is InChI=1S/C16H22N2O2/c1-12-3-9-15(10-4-12)18-16(19)14-7-5-13(6-8-14)11-17-20-2/h5-8,11-12,15H,3-4,9-10H2,1-2H3,(H,18,19)/b17-11+. The van der Waals surface area contributed by atoms with Crippen LogP contribution in [-0.4, -0.2) is 25.3 Å². The number of carbonyl (C=O) groups excluding carboxylic acids is 1. The van der Waals surface area contributed by atoms with Crippen LogP contribution in [0.2, 0.25) is 0 Å². The van der Waals surface area contributed by atoms with Crippen molar-refractivity contribution in [1.29, 1.82) is 0 Å². The molecule has 2 rings (SSSR count). The van der Waals surface area contributed by atoms with Crippen LogP contribution in [0.25, 0.3) is 0 Å². The van der Waals surface area contributed by atoms with Gasteiger partial charge in [-0.1, -0.05) is 24.2 Å². The third kappa shape index (κ3) is 4.08. The van der Waals surface area contributed by atoms with Gasteiger partial charge in [0.2, 0.25) is 0 Å². The molecular formula is C16H22N2O2. The molecule has 0 atom stereocenters. The Bertz CT molecular complexity index is 460. The molecule has 0 aliphatic heterocycles. The SMILES string of the molecule is CO/N=C/c1ccc(C(=O)NC2CCC(C)CC2)cc1. The van der Waals surface area contributed by atoms with Gasteiger partial charge in [-0.2, -0.15) is 0 Å². The molecule has 1 aliphatic carbocycles. The number of carbonyl (C=O) groups is 1. The fourth-order valence-electron chi connectivity index (χ4n) is 2.51. The van der Waals surface area contributed by atoms with Crippen molar-refractivity contribution in [3.05, 3.63) is 35.4 Å². The molecule has 0 radical (unpaired) electrons. The molecule has 1 fully saturated rings. The monoisotopic (exact) mass is 274 g/mol. The first kappa shape index (κ1) is 14.6. The number of nitrogens with one attached hydrogen (secondary N) is 1. The molecule has 0 saturated heterocycles. The van der Waals surface area contributed by atoms with Gasteiger partial charge in [0, 0.05) is 11.6 Å². The van der Waals surface area contributed by atoms with Gasteiger partial charge in [0.05, 0.1) is 6.21 Å². The number of oxime groups is 1. The fourth-order valence-corrected chi connectivity index (χ4v) is 2.51. The van der Waals surface area contributed by atoms with Gasteiger partial charge in [-0.15, -0.1) is 0 Å². The molecule has 20 heavy (non-hydrogen) atoms. The Labute approximate surface area is 120 Å². The third-order valence-corrected chi connectivity index (χ3v) is 3.83. The molecule has 0 spiro atoms. The Kier molecular flexibility index (Phi) is 5.16. The van der Waals surface area contributed by atoms with Gasteiger partial charge in [-0.25, -0.2) is 0 Å². The summed E-state index contributed by atoms with van der Waals surface area (Å²) in [5, 5.41) is 6.81. The molecule has 0 heterocycles. The number of hydrogen-bond donors (Lipinski definition) is 1. The van der Waals surface area contributed by atoms with E-state index in [-0.39, 0.29) is 5.91 Å². The van der Waals surface area contributed by atoms with Gasteiger partial charge in [0.1, 0.15) is 7.11 Å². The maximum atomic E-state index is 12.2. The first-order chi connectivity index (χ1) is 9.69. The van der Waals surface area contributed by atoms with Gasteiger partial charge in [0.25, 0.3) is 5.91 Å². The molecule has 0 unspecified atom stereocenters. The number of hydrogen-bond acceptors (Lipinski definition) is 3. The third-order valence-electron chi connectivity index (χ3n) is 3.83. The van der Waals surface area contributed by atoms with Crippen LogP contribution in [0.4, 0.5) is 0 Å². The average Bonchev–Trinajstić information content (AvgIpc) is 2.48. The molecule has 1 saturated carbocycles. The van der Waals surface area contributed by atoms with Crippen LogP contribution in [0.3, 0.4) is 0 Å². The summed E-state index contributed by atoms with van der Waals surface area (Å²) >= 11 is 0. The first-order valence-electron chi connectivity index (χ1n) is 7.16. The highest BCUT2D eigenvalue weighted by Gasteiger charge is 2.20. The van der Waals surface area contributed by atoms with Crippen molar-refractivity contribution in [1.82, 2.24) is 5.32 Å². The Morgan fingerprint density at radius 2 is 1.90 bits per heavy atom. The average molecular weight is 274 g/mol. The van der Waals surface area contributed by atoms with Gasteiger partial charge in [0.15, 0.2) is 0 Å². The van der Waals surface area contributed by atoms with Gasteiger partial charge in [-0.3, -0.25) is 4.79 Å². The summed E-state index contributed by atoms with van der Waals surface area (Å²) in [6.45, 7) is 2.28. The van der Waals surface area contributed by atoms with E-state index >= 15 is 0 Å². The van der Waals surface area contributed by atoms with E-state index in [0.717, 1.165) is 24.3 Å². The summed E-state index contributed by atoms with van der Waals surface area (Å²) in [6.07, 6.45) is 6.20. The predicted octanol–water partition coefficient (Wildman–Crippen LogP) is 2.98. The van der Waals surface area contributed by atoms with Gasteiger partial charge >= 0.3 is 0 Å². The van der Waals surface area contributed by atoms with E-state index in [2.05, 4.69) is 22.2 Å². The maximum absolute atomic E-state index is 12.2. The lowest BCUT2D eigenvalue weighted by molar-refractivity contribution is 0.0923. The first-order valence-corrected chi connectivity index (χ1v) is 7.16. The van der Waals surface area contributed by atoms with E-state index in [4.69, 9.17) is 0 Å². The van der Waals surface area contributed by atoms with E-state index in [1.165, 1.54) is 20.0 Å².